The summed E-state index contributed by atoms with van der Waals surface area (Å²) in [6.07, 6.45) is 0. The predicted octanol–water partition coefficient (Wildman–Crippen LogP) is 2.43. The first kappa shape index (κ1) is 12.5. The predicted molar refractivity (Wildman–Crippen MR) is 69.4 cm³/mol. The third-order valence-electron chi connectivity index (χ3n) is 2.70. The normalized spacial score (nSPS) is 11.7. The van der Waals surface area contributed by atoms with Crippen molar-refractivity contribution in [1.29, 1.82) is 0 Å². The lowest BCUT2D eigenvalue weighted by Gasteiger charge is -2.08. The highest BCUT2D eigenvalue weighted by molar-refractivity contribution is 7.85. The molecule has 5 nitrogen and oxygen atoms in total. The first-order valence-corrected chi connectivity index (χ1v) is 6.49. The number of fused-ring (bicyclic) bond motifs is 1. The molecular formula is C12H11NO4S. The van der Waals surface area contributed by atoms with Gasteiger partial charge in [0.05, 0.1) is 4.90 Å². The second kappa shape index (κ2) is 4.08. The van der Waals surface area contributed by atoms with Gasteiger partial charge in [-0.2, -0.15) is 8.42 Å². The lowest BCUT2D eigenvalue weighted by Crippen LogP contribution is -1.97. The Bertz CT molecular complexity index is 750. The Kier molecular flexibility index (Phi) is 2.84. The number of phenolic OH excluding ortho intramolecular Hbond substituents is 1. The van der Waals surface area contributed by atoms with Gasteiger partial charge in [-0.3, -0.25) is 9.55 Å². The molecule has 94 valence electrons. The van der Waals surface area contributed by atoms with Gasteiger partial charge < -0.3 is 5.11 Å². The van der Waals surface area contributed by atoms with Crippen LogP contribution in [0.15, 0.2) is 34.2 Å². The molecule has 0 amide bonds. The van der Waals surface area contributed by atoms with Crippen LogP contribution in [0.2, 0.25) is 0 Å². The molecule has 0 saturated heterocycles. The van der Waals surface area contributed by atoms with Crippen molar-refractivity contribution in [2.75, 3.05) is 0 Å². The average Bonchev–Trinajstić information content (AvgIpc) is 2.27. The van der Waals surface area contributed by atoms with Crippen LogP contribution in [0.25, 0.3) is 10.8 Å². The molecule has 6 heteroatoms. The number of phenols is 1. The van der Waals surface area contributed by atoms with E-state index in [1.165, 1.54) is 18.2 Å². The van der Waals surface area contributed by atoms with E-state index in [-0.39, 0.29) is 10.6 Å². The lowest BCUT2D eigenvalue weighted by molar-refractivity contribution is 0.480. The number of benzene rings is 2. The molecular weight excluding hydrogens is 254 g/mol. The van der Waals surface area contributed by atoms with E-state index in [9.17, 15) is 13.5 Å². The third kappa shape index (κ3) is 1.96. The van der Waals surface area contributed by atoms with E-state index in [1.54, 1.807) is 13.0 Å². The highest BCUT2D eigenvalue weighted by Gasteiger charge is 2.13. The van der Waals surface area contributed by atoms with Crippen LogP contribution in [0.4, 0.5) is 5.69 Å². The van der Waals surface area contributed by atoms with Crippen LogP contribution in [-0.4, -0.2) is 24.8 Å². The van der Waals surface area contributed by atoms with Gasteiger partial charge in [-0.15, -0.1) is 0 Å². The van der Waals surface area contributed by atoms with Crippen molar-refractivity contribution in [2.24, 2.45) is 4.99 Å². The molecule has 2 N–H and O–H groups in total. The number of hydrogen-bond acceptors (Lipinski definition) is 4. The first-order chi connectivity index (χ1) is 8.34. The van der Waals surface area contributed by atoms with Crippen molar-refractivity contribution in [1.82, 2.24) is 0 Å². The lowest BCUT2D eigenvalue weighted by atomic mass is 10.0. The molecule has 0 fully saturated rings. The molecule has 0 aromatic heterocycles. The van der Waals surface area contributed by atoms with Crippen LogP contribution in [0, 0.1) is 6.92 Å². The van der Waals surface area contributed by atoms with Crippen molar-refractivity contribution < 1.29 is 18.1 Å². The molecule has 2 aromatic rings. The van der Waals surface area contributed by atoms with Crippen molar-refractivity contribution in [3.63, 3.8) is 0 Å². The number of aromatic hydroxyl groups is 1. The van der Waals surface area contributed by atoms with E-state index >= 15 is 0 Å². The number of rotatable bonds is 2. The van der Waals surface area contributed by atoms with E-state index in [4.69, 9.17) is 4.55 Å². The molecule has 0 aliphatic rings. The molecule has 2 aromatic carbocycles. The summed E-state index contributed by atoms with van der Waals surface area (Å²) in [7, 11) is -4.25. The van der Waals surface area contributed by atoms with E-state index in [0.29, 0.717) is 22.0 Å². The molecule has 18 heavy (non-hydrogen) atoms. The Balaban J connectivity index is 2.86. The second-order valence-electron chi connectivity index (χ2n) is 3.91. The summed E-state index contributed by atoms with van der Waals surface area (Å²) in [5.74, 6) is -0.0538. The van der Waals surface area contributed by atoms with Crippen LogP contribution in [0.5, 0.6) is 5.75 Å². The van der Waals surface area contributed by atoms with Crippen LogP contribution < -0.4 is 0 Å². The Morgan fingerprint density at radius 1 is 1.28 bits per heavy atom. The second-order valence-corrected chi connectivity index (χ2v) is 5.33. The maximum Gasteiger partial charge on any atom is 0.294 e. The van der Waals surface area contributed by atoms with E-state index in [0.717, 1.165) is 0 Å². The zero-order chi connectivity index (χ0) is 13.5. The summed E-state index contributed by atoms with van der Waals surface area (Å²) in [4.78, 5) is 3.51. The van der Waals surface area contributed by atoms with Gasteiger partial charge in [-0.1, -0.05) is 0 Å². The number of aliphatic imine (C=N–C) groups is 1. The van der Waals surface area contributed by atoms with Gasteiger partial charge in [-0.05, 0) is 48.9 Å². The van der Waals surface area contributed by atoms with Gasteiger partial charge >= 0.3 is 0 Å². The molecule has 2 rings (SSSR count). The van der Waals surface area contributed by atoms with Crippen molar-refractivity contribution in [2.45, 2.75) is 11.8 Å². The fourth-order valence-electron chi connectivity index (χ4n) is 1.85. The minimum Gasteiger partial charge on any atom is -0.505 e. The Morgan fingerprint density at radius 2 is 1.94 bits per heavy atom. The fraction of sp³-hybridized carbons (Fsp3) is 0.0833. The van der Waals surface area contributed by atoms with Crippen LogP contribution in [-0.2, 0) is 10.1 Å². The molecule has 0 aliphatic heterocycles. The monoisotopic (exact) mass is 265 g/mol. The highest BCUT2D eigenvalue weighted by Crippen LogP contribution is 2.38. The topological polar surface area (TPSA) is 87.0 Å². The third-order valence-corrected chi connectivity index (χ3v) is 3.55. The summed E-state index contributed by atoms with van der Waals surface area (Å²) in [5, 5.41) is 10.9. The number of nitrogens with zero attached hydrogens (tertiary/aromatic N) is 1. The maximum absolute atomic E-state index is 11.0. The minimum atomic E-state index is -4.25. The summed E-state index contributed by atoms with van der Waals surface area (Å²) in [6.45, 7) is 5.10. The summed E-state index contributed by atoms with van der Waals surface area (Å²) < 4.78 is 31.0. The summed E-state index contributed by atoms with van der Waals surface area (Å²) >= 11 is 0. The smallest absolute Gasteiger partial charge is 0.294 e. The van der Waals surface area contributed by atoms with Crippen LogP contribution in [0.3, 0.4) is 0 Å². The standard InChI is InChI=1S/C12H11NO4S/c1-7-5-8-6-9(18(15,16)17)3-4-10(8)12(14)11(7)13-2/h3-6,14H,2H2,1H3,(H,15,16,17). The molecule has 0 spiro atoms. The van der Waals surface area contributed by atoms with Crippen LogP contribution >= 0.6 is 0 Å². The van der Waals surface area contributed by atoms with Gasteiger partial charge in [0, 0.05) is 5.39 Å². The SMILES string of the molecule is C=Nc1c(C)cc2cc(S(=O)(=O)O)ccc2c1O. The van der Waals surface area contributed by atoms with E-state index in [2.05, 4.69) is 11.7 Å². The molecule has 0 heterocycles. The average molecular weight is 265 g/mol. The summed E-state index contributed by atoms with van der Waals surface area (Å²) in [6, 6.07) is 5.61. The fourth-order valence-corrected chi connectivity index (χ4v) is 2.37. The van der Waals surface area contributed by atoms with E-state index in [1.807, 2.05) is 0 Å². The zero-order valence-electron chi connectivity index (χ0n) is 9.58. The number of aryl methyl sites for hydroxylation is 1. The Labute approximate surface area is 104 Å². The van der Waals surface area contributed by atoms with E-state index < -0.39 is 10.1 Å². The molecule has 0 atom stereocenters. The number of hydrogen-bond donors (Lipinski definition) is 2. The first-order valence-electron chi connectivity index (χ1n) is 5.05. The molecule has 0 radical (unpaired) electrons. The quantitative estimate of drug-likeness (QED) is 0.645. The van der Waals surface area contributed by atoms with Gasteiger partial charge in [0.15, 0.2) is 0 Å². The Morgan fingerprint density at radius 3 is 2.50 bits per heavy atom. The Hall–Kier alpha value is -1.92. The van der Waals surface area contributed by atoms with Gasteiger partial charge in [-0.25, -0.2) is 0 Å². The van der Waals surface area contributed by atoms with Gasteiger partial charge in [0.25, 0.3) is 10.1 Å². The molecule has 0 aliphatic carbocycles. The molecule has 0 saturated carbocycles. The highest BCUT2D eigenvalue weighted by atomic mass is 32.2. The molecule has 0 bridgehead atoms. The van der Waals surface area contributed by atoms with Crippen molar-refractivity contribution in [3.8, 4) is 5.75 Å². The van der Waals surface area contributed by atoms with Gasteiger partial charge in [0.2, 0.25) is 0 Å². The molecule has 0 unspecified atom stereocenters. The van der Waals surface area contributed by atoms with Gasteiger partial charge in [0.1, 0.15) is 11.4 Å². The van der Waals surface area contributed by atoms with Crippen LogP contribution in [0.1, 0.15) is 5.56 Å². The summed E-state index contributed by atoms with van der Waals surface area (Å²) in [5.41, 5.74) is 1.03. The van der Waals surface area contributed by atoms with Crippen molar-refractivity contribution in [3.05, 3.63) is 29.8 Å². The minimum absolute atomic E-state index is 0.0538. The largest absolute Gasteiger partial charge is 0.505 e. The van der Waals surface area contributed by atoms with Crippen molar-refractivity contribution >= 4 is 33.3 Å². The zero-order valence-corrected chi connectivity index (χ0v) is 10.4. The maximum atomic E-state index is 11.0.